The molecule has 0 aliphatic carbocycles. The van der Waals surface area contributed by atoms with Gasteiger partial charge in [-0.05, 0) is 52.7 Å². The zero-order valence-electron chi connectivity index (χ0n) is 17.7. The number of ether oxygens (including phenoxy) is 7. The highest BCUT2D eigenvalue weighted by atomic mass is 16.9. The molecule has 0 spiro atoms. The third kappa shape index (κ3) is 5.10. The monoisotopic (exact) mass is 408 g/mol. The molecular formula is C22H32O7. The SMILES string of the molecule is CC1(C)O[C@H]2[C@@H](O1)[C@@H](COCCCCOc1ccccc1)O[C@@H]1OC(C)(C)O[C@@H]12. The number of fused-ring (bicyclic) bond motifs is 3. The molecule has 5 atom stereocenters. The standard InChI is InChI=1S/C22H32O7/c1-21(2)26-17-16(25-20-19(18(17)27-21)28-22(3,4)29-20)14-23-12-8-9-13-24-15-10-6-5-7-11-15/h5-7,10-11,16-20H,8-9,12-14H2,1-4H3/t16-,17+,18+,19-,20-/m1/s1. The van der Waals surface area contributed by atoms with Crippen molar-refractivity contribution in [2.24, 2.45) is 0 Å². The summed E-state index contributed by atoms with van der Waals surface area (Å²) in [5, 5.41) is 0. The summed E-state index contributed by atoms with van der Waals surface area (Å²) in [7, 11) is 0. The van der Waals surface area contributed by atoms with Crippen molar-refractivity contribution in [2.45, 2.75) is 82.8 Å². The smallest absolute Gasteiger partial charge is 0.190 e. The molecule has 4 rings (SSSR count). The van der Waals surface area contributed by atoms with E-state index in [4.69, 9.17) is 33.2 Å². The van der Waals surface area contributed by atoms with Gasteiger partial charge in [-0.2, -0.15) is 0 Å². The van der Waals surface area contributed by atoms with Gasteiger partial charge >= 0.3 is 0 Å². The Morgan fingerprint density at radius 1 is 0.793 bits per heavy atom. The third-order valence-corrected chi connectivity index (χ3v) is 5.23. The minimum atomic E-state index is -0.704. The average Bonchev–Trinajstić information content (AvgIpc) is 3.16. The molecule has 3 fully saturated rings. The van der Waals surface area contributed by atoms with Crippen molar-refractivity contribution < 1.29 is 33.2 Å². The molecule has 3 aliphatic heterocycles. The van der Waals surface area contributed by atoms with Crippen LogP contribution >= 0.6 is 0 Å². The molecule has 0 bridgehead atoms. The van der Waals surface area contributed by atoms with Gasteiger partial charge in [-0.1, -0.05) is 18.2 Å². The van der Waals surface area contributed by atoms with Gasteiger partial charge < -0.3 is 33.2 Å². The number of rotatable bonds is 8. The Labute approximate surface area is 172 Å². The lowest BCUT2D eigenvalue weighted by molar-refractivity contribution is -0.243. The predicted octanol–water partition coefficient (Wildman–Crippen LogP) is 3.26. The van der Waals surface area contributed by atoms with Gasteiger partial charge in [0.25, 0.3) is 0 Å². The van der Waals surface area contributed by atoms with Crippen LogP contribution in [0, 0.1) is 0 Å². The number of hydrogen-bond donors (Lipinski definition) is 0. The fraction of sp³-hybridized carbons (Fsp3) is 0.727. The summed E-state index contributed by atoms with van der Waals surface area (Å²) in [6.45, 7) is 9.32. The molecule has 29 heavy (non-hydrogen) atoms. The molecule has 7 nitrogen and oxygen atoms in total. The van der Waals surface area contributed by atoms with Crippen LogP contribution in [0.2, 0.25) is 0 Å². The molecule has 0 unspecified atom stereocenters. The highest BCUT2D eigenvalue weighted by molar-refractivity contribution is 5.20. The lowest BCUT2D eigenvalue weighted by Gasteiger charge is -2.37. The quantitative estimate of drug-likeness (QED) is 0.612. The molecule has 0 aromatic heterocycles. The molecule has 0 saturated carbocycles. The van der Waals surface area contributed by atoms with E-state index in [9.17, 15) is 0 Å². The Morgan fingerprint density at radius 3 is 2.24 bits per heavy atom. The first-order valence-electron chi connectivity index (χ1n) is 10.5. The summed E-state index contributed by atoms with van der Waals surface area (Å²) < 4.78 is 41.9. The Bertz CT molecular complexity index is 662. The molecule has 0 amide bonds. The first-order valence-corrected chi connectivity index (χ1v) is 10.5. The second-order valence-corrected chi connectivity index (χ2v) is 8.65. The lowest BCUT2D eigenvalue weighted by atomic mass is 9.99. The molecule has 0 radical (unpaired) electrons. The minimum absolute atomic E-state index is 0.238. The van der Waals surface area contributed by atoms with Gasteiger partial charge in [-0.3, -0.25) is 0 Å². The van der Waals surface area contributed by atoms with Crippen molar-refractivity contribution in [1.82, 2.24) is 0 Å². The molecule has 7 heteroatoms. The van der Waals surface area contributed by atoms with Gasteiger partial charge in [0.15, 0.2) is 17.9 Å². The van der Waals surface area contributed by atoms with Gasteiger partial charge in [-0.15, -0.1) is 0 Å². The van der Waals surface area contributed by atoms with Crippen molar-refractivity contribution in [2.75, 3.05) is 19.8 Å². The van der Waals surface area contributed by atoms with Gasteiger partial charge in [-0.25, -0.2) is 0 Å². The molecule has 0 N–H and O–H groups in total. The largest absolute Gasteiger partial charge is 0.494 e. The van der Waals surface area contributed by atoms with E-state index in [2.05, 4.69) is 0 Å². The fourth-order valence-corrected chi connectivity index (χ4v) is 4.04. The van der Waals surface area contributed by atoms with E-state index >= 15 is 0 Å². The van der Waals surface area contributed by atoms with Crippen LogP contribution in [0.1, 0.15) is 40.5 Å². The van der Waals surface area contributed by atoms with E-state index in [0.717, 1.165) is 18.6 Å². The first-order chi connectivity index (χ1) is 13.8. The maximum absolute atomic E-state index is 6.14. The summed E-state index contributed by atoms with van der Waals surface area (Å²) in [4.78, 5) is 0. The normalized spacial score (nSPS) is 34.6. The number of unbranched alkanes of at least 4 members (excludes halogenated alkanes) is 1. The molecule has 3 saturated heterocycles. The first kappa shape index (κ1) is 21.0. The fourth-order valence-electron chi connectivity index (χ4n) is 4.04. The van der Waals surface area contributed by atoms with Crippen molar-refractivity contribution in [1.29, 1.82) is 0 Å². The van der Waals surface area contributed by atoms with E-state index < -0.39 is 17.9 Å². The topological polar surface area (TPSA) is 64.6 Å². The van der Waals surface area contributed by atoms with E-state index in [0.29, 0.717) is 19.8 Å². The van der Waals surface area contributed by atoms with Crippen molar-refractivity contribution in [3.63, 3.8) is 0 Å². The molecule has 162 valence electrons. The molecular weight excluding hydrogens is 376 g/mol. The maximum Gasteiger partial charge on any atom is 0.190 e. The summed E-state index contributed by atoms with van der Waals surface area (Å²) >= 11 is 0. The molecule has 1 aromatic carbocycles. The summed E-state index contributed by atoms with van der Waals surface area (Å²) in [5.41, 5.74) is 0. The maximum atomic E-state index is 6.14. The van der Waals surface area contributed by atoms with Crippen LogP contribution in [0.5, 0.6) is 5.75 Å². The minimum Gasteiger partial charge on any atom is -0.494 e. The van der Waals surface area contributed by atoms with Gasteiger partial charge in [0, 0.05) is 6.61 Å². The lowest BCUT2D eigenvalue weighted by Crippen LogP contribution is -2.56. The van der Waals surface area contributed by atoms with Crippen molar-refractivity contribution >= 4 is 0 Å². The van der Waals surface area contributed by atoms with E-state index in [1.165, 1.54) is 0 Å². The highest BCUT2D eigenvalue weighted by Crippen LogP contribution is 2.44. The molecule has 3 aliphatic rings. The van der Waals surface area contributed by atoms with Crippen molar-refractivity contribution in [3.05, 3.63) is 30.3 Å². The molecule has 1 aromatic rings. The average molecular weight is 408 g/mol. The Morgan fingerprint density at radius 2 is 1.45 bits per heavy atom. The number of benzene rings is 1. The van der Waals surface area contributed by atoms with E-state index in [1.54, 1.807) is 0 Å². The van der Waals surface area contributed by atoms with Crippen LogP contribution in [0.3, 0.4) is 0 Å². The second-order valence-electron chi connectivity index (χ2n) is 8.65. The number of para-hydroxylation sites is 1. The summed E-state index contributed by atoms with van der Waals surface area (Å²) in [5.74, 6) is -0.492. The number of hydrogen-bond acceptors (Lipinski definition) is 7. The zero-order chi connectivity index (χ0) is 20.5. The van der Waals surface area contributed by atoms with Crippen molar-refractivity contribution in [3.8, 4) is 5.75 Å². The zero-order valence-corrected chi connectivity index (χ0v) is 17.7. The Balaban J connectivity index is 1.22. The van der Waals surface area contributed by atoms with E-state index in [1.807, 2.05) is 58.0 Å². The second kappa shape index (κ2) is 8.49. The predicted molar refractivity (Wildman–Crippen MR) is 105 cm³/mol. The summed E-state index contributed by atoms with van der Waals surface area (Å²) in [6, 6.07) is 9.84. The Kier molecular flexibility index (Phi) is 6.16. The van der Waals surface area contributed by atoms with Crippen LogP contribution in [0.15, 0.2) is 30.3 Å². The highest BCUT2D eigenvalue weighted by Gasteiger charge is 2.60. The summed E-state index contributed by atoms with van der Waals surface area (Å²) in [6.07, 6.45) is 0.314. The van der Waals surface area contributed by atoms with Crippen LogP contribution in [-0.2, 0) is 28.4 Å². The van der Waals surface area contributed by atoms with Crippen LogP contribution in [0.4, 0.5) is 0 Å². The van der Waals surface area contributed by atoms with Gasteiger partial charge in [0.05, 0.1) is 13.2 Å². The molecule has 3 heterocycles. The van der Waals surface area contributed by atoms with Gasteiger partial charge in [0.1, 0.15) is 30.2 Å². The van der Waals surface area contributed by atoms with Crippen LogP contribution in [0.25, 0.3) is 0 Å². The van der Waals surface area contributed by atoms with Crippen LogP contribution in [-0.4, -0.2) is 62.1 Å². The third-order valence-electron chi connectivity index (χ3n) is 5.23. The van der Waals surface area contributed by atoms with Gasteiger partial charge in [0.2, 0.25) is 0 Å². The Hall–Kier alpha value is -1.22. The van der Waals surface area contributed by atoms with Crippen LogP contribution < -0.4 is 4.74 Å². The van der Waals surface area contributed by atoms with E-state index in [-0.39, 0.29) is 24.4 Å².